The summed E-state index contributed by atoms with van der Waals surface area (Å²) >= 11 is 0. The maximum atomic E-state index is 13.6. The molecule has 0 bridgehead atoms. The quantitative estimate of drug-likeness (QED) is 0.842. The number of hydrogen-bond acceptors (Lipinski definition) is 3. The largest absolute Gasteiger partial charge is 0.338 e. The summed E-state index contributed by atoms with van der Waals surface area (Å²) in [5.74, 6) is -0.423. The first-order valence-electron chi connectivity index (χ1n) is 8.54. The molecule has 1 saturated heterocycles. The summed E-state index contributed by atoms with van der Waals surface area (Å²) in [6.45, 7) is 5.12. The fourth-order valence-electron chi connectivity index (χ4n) is 2.95. The number of likely N-dealkylation sites (tertiary alicyclic amines) is 1. The Kier molecular flexibility index (Phi) is 7.01. The minimum Gasteiger partial charge on any atom is -0.338 e. The van der Waals surface area contributed by atoms with Gasteiger partial charge in [0.1, 0.15) is 5.82 Å². The number of carbonyl (C=O) groups is 1. The molecule has 1 aromatic carbocycles. The molecule has 0 unspecified atom stereocenters. The molecule has 5 nitrogen and oxygen atoms in total. The highest BCUT2D eigenvalue weighted by atomic mass is 19.1. The Morgan fingerprint density at radius 1 is 1.33 bits per heavy atom. The summed E-state index contributed by atoms with van der Waals surface area (Å²) in [6.07, 6.45) is 4.72. The molecular formula is C18H25FN4O. The highest BCUT2D eigenvalue weighted by Gasteiger charge is 2.16. The summed E-state index contributed by atoms with van der Waals surface area (Å²) in [5, 5.41) is 14.3. The van der Waals surface area contributed by atoms with Gasteiger partial charge in [-0.15, -0.1) is 0 Å². The van der Waals surface area contributed by atoms with Crippen LogP contribution in [0.3, 0.4) is 0 Å². The van der Waals surface area contributed by atoms with E-state index >= 15 is 0 Å². The second-order valence-electron chi connectivity index (χ2n) is 6.26. The van der Waals surface area contributed by atoms with E-state index in [2.05, 4.69) is 22.5 Å². The first-order chi connectivity index (χ1) is 11.6. The molecule has 1 heterocycles. The number of nitrogens with one attached hydrogen (secondary N) is 2. The normalized spacial score (nSPS) is 16.2. The Balaban J connectivity index is 1.69. The van der Waals surface area contributed by atoms with Gasteiger partial charge in [0.2, 0.25) is 0 Å². The van der Waals surface area contributed by atoms with Crippen LogP contribution in [0.5, 0.6) is 0 Å². The van der Waals surface area contributed by atoms with Crippen molar-refractivity contribution in [2.24, 2.45) is 0 Å². The number of rotatable bonds is 6. The lowest BCUT2D eigenvalue weighted by Gasteiger charge is -2.32. The van der Waals surface area contributed by atoms with E-state index in [0.717, 1.165) is 19.5 Å². The minimum atomic E-state index is -0.423. The molecule has 130 valence electrons. The highest BCUT2D eigenvalue weighted by molar-refractivity contribution is 5.73. The molecule has 0 spiro atoms. The van der Waals surface area contributed by atoms with Crippen LogP contribution in [0.2, 0.25) is 0 Å². The van der Waals surface area contributed by atoms with Gasteiger partial charge >= 0.3 is 6.03 Å². The van der Waals surface area contributed by atoms with Gasteiger partial charge in [0, 0.05) is 24.7 Å². The van der Waals surface area contributed by atoms with E-state index in [0.29, 0.717) is 23.7 Å². The minimum absolute atomic E-state index is 0.0644. The average molecular weight is 332 g/mol. The van der Waals surface area contributed by atoms with Gasteiger partial charge in [-0.2, -0.15) is 5.26 Å². The van der Waals surface area contributed by atoms with Gasteiger partial charge in [-0.05, 0) is 57.5 Å². The maximum absolute atomic E-state index is 13.6. The van der Waals surface area contributed by atoms with Crippen LogP contribution in [-0.4, -0.2) is 36.6 Å². The summed E-state index contributed by atoms with van der Waals surface area (Å²) in [4.78, 5) is 14.3. The van der Waals surface area contributed by atoms with Crippen molar-refractivity contribution in [3.8, 4) is 6.07 Å². The topological polar surface area (TPSA) is 68.2 Å². The summed E-state index contributed by atoms with van der Waals surface area (Å²) in [7, 11) is 0. The predicted octanol–water partition coefficient (Wildman–Crippen LogP) is 2.76. The SMILES string of the molecule is C[C@H](CCNC(=O)NCc1cc(C#N)ccc1F)N1CCCCC1. The zero-order valence-electron chi connectivity index (χ0n) is 14.1. The number of benzene rings is 1. The molecule has 2 rings (SSSR count). The number of urea groups is 1. The molecule has 1 aliphatic rings. The van der Waals surface area contributed by atoms with Gasteiger partial charge < -0.3 is 15.5 Å². The summed E-state index contributed by atoms with van der Waals surface area (Å²) in [6, 6.07) is 6.21. The van der Waals surface area contributed by atoms with Crippen LogP contribution in [-0.2, 0) is 6.54 Å². The lowest BCUT2D eigenvalue weighted by Crippen LogP contribution is -2.41. The molecule has 1 aromatic rings. The number of amides is 2. The molecule has 0 radical (unpaired) electrons. The van der Waals surface area contributed by atoms with E-state index in [4.69, 9.17) is 5.26 Å². The molecule has 2 N–H and O–H groups in total. The van der Waals surface area contributed by atoms with Gasteiger partial charge in [0.05, 0.1) is 11.6 Å². The van der Waals surface area contributed by atoms with E-state index in [1.165, 1.54) is 37.5 Å². The number of halogens is 1. The van der Waals surface area contributed by atoms with Crippen molar-refractivity contribution in [2.75, 3.05) is 19.6 Å². The number of nitriles is 1. The van der Waals surface area contributed by atoms with Gasteiger partial charge in [0.15, 0.2) is 0 Å². The van der Waals surface area contributed by atoms with Crippen molar-refractivity contribution < 1.29 is 9.18 Å². The van der Waals surface area contributed by atoms with Crippen LogP contribution in [0, 0.1) is 17.1 Å². The lowest BCUT2D eigenvalue weighted by molar-refractivity contribution is 0.166. The molecule has 0 saturated carbocycles. The third-order valence-electron chi connectivity index (χ3n) is 4.48. The molecule has 1 aliphatic heterocycles. The Morgan fingerprint density at radius 2 is 2.08 bits per heavy atom. The smallest absolute Gasteiger partial charge is 0.315 e. The molecule has 24 heavy (non-hydrogen) atoms. The zero-order valence-corrected chi connectivity index (χ0v) is 14.1. The van der Waals surface area contributed by atoms with Crippen LogP contribution < -0.4 is 10.6 Å². The van der Waals surface area contributed by atoms with Crippen LogP contribution in [0.25, 0.3) is 0 Å². The lowest BCUT2D eigenvalue weighted by atomic mass is 10.1. The fourth-order valence-corrected chi connectivity index (χ4v) is 2.95. The van der Waals surface area contributed by atoms with Crippen LogP contribution >= 0.6 is 0 Å². The Bertz CT molecular complexity index is 593. The highest BCUT2D eigenvalue weighted by Crippen LogP contribution is 2.13. The first-order valence-corrected chi connectivity index (χ1v) is 8.54. The van der Waals surface area contributed by atoms with Crippen molar-refractivity contribution in [3.05, 3.63) is 35.1 Å². The van der Waals surface area contributed by atoms with Crippen molar-refractivity contribution >= 4 is 6.03 Å². The predicted molar refractivity (Wildman–Crippen MR) is 90.9 cm³/mol. The third-order valence-corrected chi connectivity index (χ3v) is 4.48. The number of piperidine rings is 1. The first kappa shape index (κ1) is 18.2. The van der Waals surface area contributed by atoms with Gasteiger partial charge in [-0.3, -0.25) is 0 Å². The van der Waals surface area contributed by atoms with Gasteiger partial charge in [-0.1, -0.05) is 6.42 Å². The number of nitrogens with zero attached hydrogens (tertiary/aromatic N) is 2. The Labute approximate surface area is 142 Å². The maximum Gasteiger partial charge on any atom is 0.315 e. The molecule has 1 fully saturated rings. The second-order valence-corrected chi connectivity index (χ2v) is 6.26. The molecule has 6 heteroatoms. The van der Waals surface area contributed by atoms with Crippen molar-refractivity contribution in [1.82, 2.24) is 15.5 Å². The van der Waals surface area contributed by atoms with E-state index in [-0.39, 0.29) is 12.6 Å². The van der Waals surface area contributed by atoms with E-state index in [1.807, 2.05) is 6.07 Å². The zero-order chi connectivity index (χ0) is 17.4. The summed E-state index contributed by atoms with van der Waals surface area (Å²) in [5.41, 5.74) is 0.690. The molecule has 0 aromatic heterocycles. The standard InChI is InChI=1S/C18H25FN4O/c1-14(23-9-3-2-4-10-23)7-8-21-18(24)22-13-16-11-15(12-20)5-6-17(16)19/h5-6,11,14H,2-4,7-10,13H2,1H3,(H2,21,22,24)/t14-/m1/s1. The molecule has 2 amide bonds. The van der Waals surface area contributed by atoms with Crippen LogP contribution in [0.1, 0.15) is 43.7 Å². The monoisotopic (exact) mass is 332 g/mol. The number of hydrogen-bond donors (Lipinski definition) is 2. The average Bonchev–Trinajstić information content (AvgIpc) is 2.61. The Hall–Kier alpha value is -2.13. The van der Waals surface area contributed by atoms with Crippen LogP contribution in [0.4, 0.5) is 9.18 Å². The van der Waals surface area contributed by atoms with Crippen molar-refractivity contribution in [3.63, 3.8) is 0 Å². The fraction of sp³-hybridized carbons (Fsp3) is 0.556. The van der Waals surface area contributed by atoms with Gasteiger partial charge in [0.25, 0.3) is 0 Å². The van der Waals surface area contributed by atoms with Crippen molar-refractivity contribution in [1.29, 1.82) is 5.26 Å². The van der Waals surface area contributed by atoms with E-state index in [1.54, 1.807) is 0 Å². The van der Waals surface area contributed by atoms with Crippen LogP contribution in [0.15, 0.2) is 18.2 Å². The van der Waals surface area contributed by atoms with Gasteiger partial charge in [-0.25, -0.2) is 9.18 Å². The molecular weight excluding hydrogens is 307 g/mol. The van der Waals surface area contributed by atoms with E-state index in [9.17, 15) is 9.18 Å². The summed E-state index contributed by atoms with van der Waals surface area (Å²) < 4.78 is 13.6. The van der Waals surface area contributed by atoms with Crippen molar-refractivity contribution in [2.45, 2.75) is 45.2 Å². The Morgan fingerprint density at radius 3 is 2.79 bits per heavy atom. The van der Waals surface area contributed by atoms with E-state index < -0.39 is 5.82 Å². The molecule has 0 aliphatic carbocycles. The molecule has 1 atom stereocenters. The second kappa shape index (κ2) is 9.24. The number of carbonyl (C=O) groups excluding carboxylic acids is 1. The third kappa shape index (κ3) is 5.50.